The van der Waals surface area contributed by atoms with Crippen LogP contribution in [-0.4, -0.2) is 11.3 Å². The molecule has 0 bridgehead atoms. The van der Waals surface area contributed by atoms with Gasteiger partial charge in [-0.05, 0) is 37.0 Å². The topological polar surface area (TPSA) is 61.3 Å². The summed E-state index contributed by atoms with van der Waals surface area (Å²) in [6.07, 6.45) is 5.64. The molecule has 2 N–H and O–H groups in total. The minimum Gasteiger partial charge on any atom is -0.490 e. The Bertz CT molecular complexity index is 500. The molecule has 0 spiro atoms. The van der Waals surface area contributed by atoms with Gasteiger partial charge in [-0.3, -0.25) is 0 Å². The van der Waals surface area contributed by atoms with Crippen LogP contribution in [0.2, 0.25) is 0 Å². The molecular formula is C13H14N2O2. The van der Waals surface area contributed by atoms with E-state index < -0.39 is 0 Å². The van der Waals surface area contributed by atoms with E-state index in [9.17, 15) is 0 Å². The average Bonchev–Trinajstić information content (AvgIpc) is 2.71. The van der Waals surface area contributed by atoms with Crippen LogP contribution >= 0.6 is 0 Å². The number of hydrogen-bond acceptors (Lipinski definition) is 4. The fourth-order valence-electron chi connectivity index (χ4n) is 1.86. The Kier molecular flexibility index (Phi) is 2.48. The Morgan fingerprint density at radius 3 is 2.53 bits per heavy atom. The third-order valence-corrected chi connectivity index (χ3v) is 3.12. The minimum atomic E-state index is 0.345. The van der Waals surface area contributed by atoms with Crippen LogP contribution < -0.4 is 10.5 Å². The molecule has 0 atom stereocenters. The van der Waals surface area contributed by atoms with E-state index in [0.717, 1.165) is 16.9 Å². The first kappa shape index (κ1) is 10.2. The number of ether oxygens (including phenoxy) is 1. The Hall–Kier alpha value is -1.97. The van der Waals surface area contributed by atoms with E-state index in [2.05, 4.69) is 5.16 Å². The number of nitrogen functional groups attached to an aromatic ring is 1. The van der Waals surface area contributed by atoms with E-state index in [-0.39, 0.29) is 0 Å². The van der Waals surface area contributed by atoms with Gasteiger partial charge in [0, 0.05) is 0 Å². The predicted octanol–water partition coefficient (Wildman–Crippen LogP) is 2.86. The van der Waals surface area contributed by atoms with Crippen molar-refractivity contribution in [3.05, 3.63) is 30.5 Å². The largest absolute Gasteiger partial charge is 0.490 e. The van der Waals surface area contributed by atoms with Gasteiger partial charge in [0.25, 0.3) is 0 Å². The van der Waals surface area contributed by atoms with Gasteiger partial charge in [0.2, 0.25) is 5.88 Å². The summed E-state index contributed by atoms with van der Waals surface area (Å²) in [7, 11) is 0. The summed E-state index contributed by atoms with van der Waals surface area (Å²) < 4.78 is 10.6. The molecule has 1 fully saturated rings. The lowest BCUT2D eigenvalue weighted by Crippen LogP contribution is -2.24. The molecule has 0 saturated heterocycles. The molecule has 0 aliphatic heterocycles. The second kappa shape index (κ2) is 4.13. The van der Waals surface area contributed by atoms with E-state index in [0.29, 0.717) is 12.0 Å². The first-order chi connectivity index (χ1) is 8.33. The highest BCUT2D eigenvalue weighted by atomic mass is 16.5. The van der Waals surface area contributed by atoms with Gasteiger partial charge < -0.3 is 15.0 Å². The predicted molar refractivity (Wildman–Crippen MR) is 64.6 cm³/mol. The zero-order chi connectivity index (χ0) is 11.7. The van der Waals surface area contributed by atoms with Crippen molar-refractivity contribution in [2.24, 2.45) is 0 Å². The maximum Gasteiger partial charge on any atom is 0.229 e. The molecule has 88 valence electrons. The highest BCUT2D eigenvalue weighted by Gasteiger charge is 2.18. The summed E-state index contributed by atoms with van der Waals surface area (Å²) in [4.78, 5) is 0. The normalized spacial score (nSPS) is 15.5. The number of anilines is 1. The molecule has 2 aromatic rings. The van der Waals surface area contributed by atoms with E-state index in [4.69, 9.17) is 15.0 Å². The minimum absolute atomic E-state index is 0.345. The fourth-order valence-corrected chi connectivity index (χ4v) is 1.86. The third-order valence-electron chi connectivity index (χ3n) is 3.12. The van der Waals surface area contributed by atoms with Crippen molar-refractivity contribution in [1.29, 1.82) is 0 Å². The zero-order valence-electron chi connectivity index (χ0n) is 9.43. The monoisotopic (exact) mass is 230 g/mol. The lowest BCUT2D eigenvalue weighted by atomic mass is 9.96. The van der Waals surface area contributed by atoms with Crippen LogP contribution in [-0.2, 0) is 0 Å². The van der Waals surface area contributed by atoms with Crippen LogP contribution in [0.1, 0.15) is 19.3 Å². The number of nitrogens with two attached hydrogens (primary N) is 1. The highest BCUT2D eigenvalue weighted by Crippen LogP contribution is 2.29. The van der Waals surface area contributed by atoms with Gasteiger partial charge in [-0.2, -0.15) is 0 Å². The summed E-state index contributed by atoms with van der Waals surface area (Å²) in [5.74, 6) is 1.26. The van der Waals surface area contributed by atoms with Gasteiger partial charge in [0.15, 0.2) is 0 Å². The Balaban J connectivity index is 1.77. The molecule has 1 aliphatic carbocycles. The van der Waals surface area contributed by atoms with Crippen LogP contribution in [0.3, 0.4) is 0 Å². The summed E-state index contributed by atoms with van der Waals surface area (Å²) in [5.41, 5.74) is 7.47. The van der Waals surface area contributed by atoms with E-state index in [1.165, 1.54) is 19.3 Å². The molecule has 4 heteroatoms. The van der Waals surface area contributed by atoms with E-state index in [1.54, 1.807) is 6.20 Å². The van der Waals surface area contributed by atoms with Crippen LogP contribution in [0, 0.1) is 0 Å². The third kappa shape index (κ3) is 1.98. The van der Waals surface area contributed by atoms with Crippen LogP contribution in [0.4, 0.5) is 5.88 Å². The SMILES string of the molecule is Nc1oncc1-c1ccc(OC2CCC2)cc1. The number of hydrogen-bond donors (Lipinski definition) is 1. The van der Waals surface area contributed by atoms with Gasteiger partial charge in [0.05, 0.1) is 17.9 Å². The van der Waals surface area contributed by atoms with Crippen molar-refractivity contribution in [2.45, 2.75) is 25.4 Å². The molecule has 4 nitrogen and oxygen atoms in total. The maximum absolute atomic E-state index is 5.78. The number of nitrogens with zero attached hydrogens (tertiary/aromatic N) is 1. The molecule has 1 aromatic heterocycles. The van der Waals surface area contributed by atoms with E-state index >= 15 is 0 Å². The summed E-state index contributed by atoms with van der Waals surface area (Å²) in [6, 6.07) is 7.86. The van der Waals surface area contributed by atoms with Crippen molar-refractivity contribution >= 4 is 5.88 Å². The van der Waals surface area contributed by atoms with Crippen LogP contribution in [0.15, 0.2) is 35.0 Å². The second-order valence-corrected chi connectivity index (χ2v) is 4.30. The van der Waals surface area contributed by atoms with E-state index in [1.807, 2.05) is 24.3 Å². The Morgan fingerprint density at radius 1 is 1.24 bits per heavy atom. The molecule has 1 aliphatic rings. The second-order valence-electron chi connectivity index (χ2n) is 4.30. The molecule has 17 heavy (non-hydrogen) atoms. The maximum atomic E-state index is 5.78. The molecular weight excluding hydrogens is 216 g/mol. The van der Waals surface area contributed by atoms with Gasteiger partial charge >= 0.3 is 0 Å². The average molecular weight is 230 g/mol. The van der Waals surface area contributed by atoms with Crippen molar-refractivity contribution in [3.63, 3.8) is 0 Å². The standard InChI is InChI=1S/C13H14N2O2/c14-13-12(8-15-17-13)9-4-6-11(7-5-9)16-10-2-1-3-10/h4-8,10H,1-3,14H2. The summed E-state index contributed by atoms with van der Waals surface area (Å²) in [6.45, 7) is 0. The van der Waals surface area contributed by atoms with Gasteiger partial charge in [-0.25, -0.2) is 0 Å². The van der Waals surface area contributed by atoms with Gasteiger partial charge in [-0.15, -0.1) is 0 Å². The van der Waals surface area contributed by atoms with Gasteiger partial charge in [0.1, 0.15) is 5.75 Å². The van der Waals surface area contributed by atoms with Crippen molar-refractivity contribution in [1.82, 2.24) is 5.16 Å². The quantitative estimate of drug-likeness (QED) is 0.880. The first-order valence-corrected chi connectivity index (χ1v) is 5.80. The highest BCUT2D eigenvalue weighted by molar-refractivity contribution is 5.72. The number of benzene rings is 1. The molecule has 0 radical (unpaired) electrons. The smallest absolute Gasteiger partial charge is 0.229 e. The summed E-state index contributed by atoms with van der Waals surface area (Å²) in [5, 5.41) is 3.66. The van der Waals surface area contributed by atoms with Crippen molar-refractivity contribution in [3.8, 4) is 16.9 Å². The molecule has 0 unspecified atom stereocenters. The van der Waals surface area contributed by atoms with Crippen LogP contribution in [0.25, 0.3) is 11.1 Å². The Labute approximate surface area is 99.4 Å². The lowest BCUT2D eigenvalue weighted by molar-refractivity contribution is 0.120. The zero-order valence-corrected chi connectivity index (χ0v) is 9.43. The fraction of sp³-hybridized carbons (Fsp3) is 0.308. The number of rotatable bonds is 3. The van der Waals surface area contributed by atoms with Crippen molar-refractivity contribution < 1.29 is 9.26 Å². The van der Waals surface area contributed by atoms with Gasteiger partial charge in [-0.1, -0.05) is 17.3 Å². The molecule has 1 aromatic carbocycles. The number of aromatic nitrogens is 1. The molecule has 0 amide bonds. The Morgan fingerprint density at radius 2 is 2.00 bits per heavy atom. The molecule has 1 heterocycles. The lowest BCUT2D eigenvalue weighted by Gasteiger charge is -2.26. The van der Waals surface area contributed by atoms with Crippen molar-refractivity contribution in [2.75, 3.05) is 5.73 Å². The molecule has 1 saturated carbocycles. The first-order valence-electron chi connectivity index (χ1n) is 5.80. The summed E-state index contributed by atoms with van der Waals surface area (Å²) >= 11 is 0. The van der Waals surface area contributed by atoms with Crippen LogP contribution in [0.5, 0.6) is 5.75 Å². The molecule has 3 rings (SSSR count).